The fourth-order valence-electron chi connectivity index (χ4n) is 4.35. The molecule has 0 bridgehead atoms. The molecule has 0 aromatic rings. The number of amides is 1. The van der Waals surface area contributed by atoms with Gasteiger partial charge in [-0.3, -0.25) is 9.59 Å². The lowest BCUT2D eigenvalue weighted by atomic mass is 9.73. The first-order valence-electron chi connectivity index (χ1n) is 8.89. The van der Waals surface area contributed by atoms with Crippen LogP contribution in [0.15, 0.2) is 22.9 Å². The average Bonchev–Trinajstić information content (AvgIpc) is 3.28. The van der Waals surface area contributed by atoms with E-state index in [-0.39, 0.29) is 41.1 Å². The smallest absolute Gasteiger partial charge is 0.233 e. The molecule has 3 nitrogen and oxygen atoms in total. The Kier molecular flexibility index (Phi) is 5.75. The minimum absolute atomic E-state index is 0. The van der Waals surface area contributed by atoms with Gasteiger partial charge in [0.25, 0.3) is 0 Å². The average molecular weight is 429 g/mol. The molecule has 4 heteroatoms. The fourth-order valence-corrected chi connectivity index (χ4v) is 4.35. The van der Waals surface area contributed by atoms with E-state index >= 15 is 0 Å². The van der Waals surface area contributed by atoms with Gasteiger partial charge >= 0.3 is 0 Å². The molecule has 0 aromatic carbocycles. The molecular weight excluding hydrogens is 401 g/mol. The number of carbonyl (C=O) groups excluding carboxylic acids is 2. The van der Waals surface area contributed by atoms with Gasteiger partial charge in [-0.25, -0.2) is 0 Å². The lowest BCUT2D eigenvalue weighted by Gasteiger charge is -2.32. The number of fused-ring (bicyclic) bond motifs is 1. The van der Waals surface area contributed by atoms with E-state index < -0.39 is 0 Å². The van der Waals surface area contributed by atoms with Gasteiger partial charge in [-0.2, -0.15) is 0 Å². The minimum Gasteiger partial charge on any atom is -0.315 e. The molecule has 1 amide bonds. The third-order valence-electron chi connectivity index (χ3n) is 5.78. The van der Waals surface area contributed by atoms with Crippen molar-refractivity contribution in [3.63, 3.8) is 0 Å². The number of nitrogens with zero attached hydrogens (tertiary/aromatic N) is 1. The molecule has 0 radical (unpaired) electrons. The lowest BCUT2D eigenvalue weighted by molar-refractivity contribution is -0.136. The topological polar surface area (TPSA) is 37.4 Å². The number of carbonyl (C=O) groups is 2. The molecule has 1 saturated carbocycles. The maximum Gasteiger partial charge on any atom is 0.233 e. The number of hydrogen-bond acceptors (Lipinski definition) is 2. The Balaban J connectivity index is 0.000000617. The molecule has 2 fully saturated rings. The Bertz CT molecular complexity index is 570. The molecule has 4 aliphatic rings. The van der Waals surface area contributed by atoms with Crippen molar-refractivity contribution < 1.29 is 9.59 Å². The Morgan fingerprint density at radius 3 is 2.39 bits per heavy atom. The van der Waals surface area contributed by atoms with Crippen molar-refractivity contribution in [1.29, 1.82) is 0 Å². The highest BCUT2D eigenvalue weighted by Crippen LogP contribution is 2.49. The van der Waals surface area contributed by atoms with E-state index in [1.54, 1.807) is 0 Å². The zero-order chi connectivity index (χ0) is 15.9. The van der Waals surface area contributed by atoms with Crippen LogP contribution in [0.25, 0.3) is 0 Å². The normalized spacial score (nSPS) is 27.9. The minimum atomic E-state index is -0.0939. The summed E-state index contributed by atoms with van der Waals surface area (Å²) in [6.07, 6.45) is 9.60. The van der Waals surface area contributed by atoms with E-state index in [4.69, 9.17) is 0 Å². The lowest BCUT2D eigenvalue weighted by Crippen LogP contribution is -2.37. The molecule has 1 spiro atoms. The predicted molar refractivity (Wildman–Crippen MR) is 103 cm³/mol. The number of likely N-dealkylation sites (tertiary alicyclic amines) is 1. The van der Waals surface area contributed by atoms with Gasteiger partial charge in [0.05, 0.1) is 11.3 Å². The van der Waals surface area contributed by atoms with Crippen LogP contribution in [0.5, 0.6) is 0 Å². The first kappa shape index (κ1) is 18.7. The van der Waals surface area contributed by atoms with Crippen molar-refractivity contribution in [2.24, 2.45) is 11.3 Å². The molecule has 128 valence electrons. The second-order valence-corrected chi connectivity index (χ2v) is 6.88. The third-order valence-corrected chi connectivity index (χ3v) is 5.78. The van der Waals surface area contributed by atoms with Gasteiger partial charge < -0.3 is 4.90 Å². The number of ketones is 1. The molecular formula is C19H28INO2. The second kappa shape index (κ2) is 7.08. The summed E-state index contributed by atoms with van der Waals surface area (Å²) in [4.78, 5) is 27.0. The summed E-state index contributed by atoms with van der Waals surface area (Å²) in [6.45, 7) is 6.72. The van der Waals surface area contributed by atoms with Crippen LogP contribution in [-0.2, 0) is 9.59 Å². The molecule has 3 aliphatic carbocycles. The first-order valence-corrected chi connectivity index (χ1v) is 8.89. The monoisotopic (exact) mass is 429 g/mol. The van der Waals surface area contributed by atoms with Crippen molar-refractivity contribution in [3.8, 4) is 0 Å². The van der Waals surface area contributed by atoms with E-state index in [2.05, 4.69) is 6.08 Å². The molecule has 1 heterocycles. The molecule has 23 heavy (non-hydrogen) atoms. The van der Waals surface area contributed by atoms with Crippen molar-refractivity contribution in [2.45, 2.75) is 65.7 Å². The van der Waals surface area contributed by atoms with Gasteiger partial charge in [-0.1, -0.05) is 44.8 Å². The van der Waals surface area contributed by atoms with Gasteiger partial charge in [0, 0.05) is 24.2 Å². The summed E-state index contributed by atoms with van der Waals surface area (Å²) >= 11 is 0. The van der Waals surface area contributed by atoms with Crippen molar-refractivity contribution in [3.05, 3.63) is 22.9 Å². The van der Waals surface area contributed by atoms with Crippen LogP contribution in [-0.4, -0.2) is 23.1 Å². The molecule has 1 atom stereocenters. The summed E-state index contributed by atoms with van der Waals surface area (Å²) in [7, 11) is 0. The number of rotatable bonds is 1. The van der Waals surface area contributed by atoms with Gasteiger partial charge in [0.15, 0.2) is 5.78 Å². The highest BCUT2D eigenvalue weighted by atomic mass is 127. The van der Waals surface area contributed by atoms with Gasteiger partial charge in [0.2, 0.25) is 5.91 Å². The van der Waals surface area contributed by atoms with Gasteiger partial charge in [-0.05, 0) is 26.2 Å². The van der Waals surface area contributed by atoms with Crippen LogP contribution >= 0.6 is 24.0 Å². The number of Topliss-reactive ketones (excluding diaryl/α,β-unsaturated/α-hetero) is 1. The third kappa shape index (κ3) is 3.03. The standard InChI is InChI=1S/C17H21NO2.C2H6.HI/c1-11-14(10-12-9-13(12)15(11)19)18-8-7-17(16(18)20)5-3-2-4-6-17;1-2;/h9,13H,2-8,10H2,1H3;1-2H3;1H. The van der Waals surface area contributed by atoms with Crippen LogP contribution in [0, 0.1) is 11.3 Å². The Labute approximate surface area is 156 Å². The van der Waals surface area contributed by atoms with Crippen LogP contribution in [0.3, 0.4) is 0 Å². The van der Waals surface area contributed by atoms with Crippen LogP contribution in [0.1, 0.15) is 65.7 Å². The van der Waals surface area contributed by atoms with E-state index in [0.717, 1.165) is 43.5 Å². The Morgan fingerprint density at radius 2 is 1.74 bits per heavy atom. The zero-order valence-electron chi connectivity index (χ0n) is 14.5. The summed E-state index contributed by atoms with van der Waals surface area (Å²) in [6, 6.07) is 0. The molecule has 1 saturated heterocycles. The molecule has 4 rings (SSSR count). The van der Waals surface area contributed by atoms with E-state index in [1.165, 1.54) is 24.8 Å². The first-order chi connectivity index (χ1) is 10.6. The molecule has 1 aliphatic heterocycles. The quantitative estimate of drug-likeness (QED) is 0.451. The summed E-state index contributed by atoms with van der Waals surface area (Å²) < 4.78 is 0. The predicted octanol–water partition coefficient (Wildman–Crippen LogP) is 4.62. The SMILES string of the molecule is CC.CC1=C(N2CCC3(CCCCC3)C2=O)CC2=CC2C1=O.I. The van der Waals surface area contributed by atoms with Crippen molar-refractivity contribution in [1.82, 2.24) is 4.90 Å². The van der Waals surface area contributed by atoms with Crippen molar-refractivity contribution >= 4 is 35.7 Å². The summed E-state index contributed by atoms with van der Waals surface area (Å²) in [5, 5.41) is 0. The van der Waals surface area contributed by atoms with Gasteiger partial charge in [0.1, 0.15) is 0 Å². The molecule has 1 unspecified atom stereocenters. The van der Waals surface area contributed by atoms with Crippen LogP contribution in [0.2, 0.25) is 0 Å². The highest BCUT2D eigenvalue weighted by molar-refractivity contribution is 14.0. The largest absolute Gasteiger partial charge is 0.315 e. The van der Waals surface area contributed by atoms with E-state index in [0.29, 0.717) is 5.91 Å². The molecule has 0 aromatic heterocycles. The van der Waals surface area contributed by atoms with Crippen molar-refractivity contribution in [2.75, 3.05) is 6.54 Å². The van der Waals surface area contributed by atoms with E-state index in [9.17, 15) is 9.59 Å². The highest BCUT2D eigenvalue weighted by Gasteiger charge is 2.49. The zero-order valence-corrected chi connectivity index (χ0v) is 16.8. The number of halogens is 1. The van der Waals surface area contributed by atoms with Gasteiger partial charge in [-0.15, -0.1) is 24.0 Å². The van der Waals surface area contributed by atoms with Crippen LogP contribution in [0.4, 0.5) is 0 Å². The summed E-state index contributed by atoms with van der Waals surface area (Å²) in [5.41, 5.74) is 2.97. The number of allylic oxidation sites excluding steroid dienone is 3. The maximum atomic E-state index is 12.9. The summed E-state index contributed by atoms with van der Waals surface area (Å²) in [5.74, 6) is 0.609. The molecule has 0 N–H and O–H groups in total. The fraction of sp³-hybridized carbons (Fsp3) is 0.684. The maximum absolute atomic E-state index is 12.9. The van der Waals surface area contributed by atoms with E-state index in [1.807, 2.05) is 25.7 Å². The second-order valence-electron chi connectivity index (χ2n) is 6.88. The van der Waals surface area contributed by atoms with Crippen LogP contribution < -0.4 is 0 Å². The number of hydrogen-bond donors (Lipinski definition) is 0. The Hall–Kier alpha value is -0.650. The Morgan fingerprint density at radius 1 is 1.09 bits per heavy atom.